The molecule has 0 aliphatic heterocycles. The van der Waals surface area contributed by atoms with Crippen LogP contribution in [0, 0.1) is 5.92 Å². The van der Waals surface area contributed by atoms with Gasteiger partial charge in [0.05, 0.1) is 5.69 Å². The molecule has 0 bridgehead atoms. The summed E-state index contributed by atoms with van der Waals surface area (Å²) >= 11 is 0. The van der Waals surface area contributed by atoms with Crippen LogP contribution in [0.25, 0.3) is 5.69 Å². The number of rotatable bonds is 5. The summed E-state index contributed by atoms with van der Waals surface area (Å²) in [6.07, 6.45) is -3.21. The molecule has 2 rings (SSSR count). The Labute approximate surface area is 143 Å². The maximum Gasteiger partial charge on any atom is 0.435 e. The van der Waals surface area contributed by atoms with E-state index in [0.29, 0.717) is 12.2 Å². The molecule has 1 atom stereocenters. The molecule has 0 radical (unpaired) electrons. The molecule has 132 valence electrons. The summed E-state index contributed by atoms with van der Waals surface area (Å²) in [7, 11) is 0. The standard InChI is InChI=1S/C15H17F3N4O.ClH/c1-10(8-19)14(23)20-9-11-2-4-12(5-3-11)22-7-6-13(21-22)15(16,17)18;/h2-7,10H,8-9,19H2,1H3,(H,20,23);1H. The predicted octanol–water partition coefficient (Wildman–Crippen LogP) is 2.52. The first kappa shape index (κ1) is 20.0. The molecule has 3 N–H and O–H groups in total. The number of hydrogen-bond donors (Lipinski definition) is 2. The fourth-order valence-corrected chi connectivity index (χ4v) is 1.86. The van der Waals surface area contributed by atoms with Crippen LogP contribution >= 0.6 is 12.4 Å². The first-order valence-electron chi connectivity index (χ1n) is 7.01. The number of nitrogens with one attached hydrogen (secondary N) is 1. The molecule has 0 saturated heterocycles. The Morgan fingerprint density at radius 2 is 1.92 bits per heavy atom. The Bertz CT molecular complexity index is 670. The maximum absolute atomic E-state index is 12.5. The van der Waals surface area contributed by atoms with Gasteiger partial charge in [-0.25, -0.2) is 4.68 Å². The van der Waals surface area contributed by atoms with Crippen molar-refractivity contribution >= 4 is 18.3 Å². The minimum atomic E-state index is -4.46. The van der Waals surface area contributed by atoms with Crippen LogP contribution in [-0.4, -0.2) is 22.2 Å². The highest BCUT2D eigenvalue weighted by molar-refractivity contribution is 5.85. The Kier molecular flexibility index (Phi) is 6.80. The summed E-state index contributed by atoms with van der Waals surface area (Å²) in [6.45, 7) is 2.33. The normalized spacial score (nSPS) is 12.4. The van der Waals surface area contributed by atoms with Crippen LogP contribution < -0.4 is 11.1 Å². The van der Waals surface area contributed by atoms with E-state index in [1.807, 2.05) is 0 Å². The van der Waals surface area contributed by atoms with Crippen molar-refractivity contribution in [1.82, 2.24) is 15.1 Å². The first-order chi connectivity index (χ1) is 10.8. The predicted molar refractivity (Wildman–Crippen MR) is 85.9 cm³/mol. The smallest absolute Gasteiger partial charge is 0.352 e. The molecule has 5 nitrogen and oxygen atoms in total. The number of alkyl halides is 3. The van der Waals surface area contributed by atoms with Gasteiger partial charge in [-0.2, -0.15) is 18.3 Å². The van der Waals surface area contributed by atoms with Crippen LogP contribution in [0.2, 0.25) is 0 Å². The Balaban J connectivity index is 0.00000288. The van der Waals surface area contributed by atoms with Crippen LogP contribution in [0.15, 0.2) is 36.5 Å². The fraction of sp³-hybridized carbons (Fsp3) is 0.333. The second-order valence-corrected chi connectivity index (χ2v) is 5.16. The van der Waals surface area contributed by atoms with Crippen molar-refractivity contribution in [3.8, 4) is 5.69 Å². The van der Waals surface area contributed by atoms with Gasteiger partial charge in [0.1, 0.15) is 0 Å². The maximum atomic E-state index is 12.5. The largest absolute Gasteiger partial charge is 0.435 e. The molecule has 1 unspecified atom stereocenters. The van der Waals surface area contributed by atoms with Crippen LogP contribution in [0.3, 0.4) is 0 Å². The Morgan fingerprint density at radius 1 is 1.29 bits per heavy atom. The van der Waals surface area contributed by atoms with E-state index in [1.54, 1.807) is 31.2 Å². The second-order valence-electron chi connectivity index (χ2n) is 5.16. The van der Waals surface area contributed by atoms with E-state index >= 15 is 0 Å². The van der Waals surface area contributed by atoms with Gasteiger partial charge in [0.25, 0.3) is 0 Å². The Morgan fingerprint density at radius 3 is 2.42 bits per heavy atom. The van der Waals surface area contributed by atoms with Crippen molar-refractivity contribution < 1.29 is 18.0 Å². The third-order valence-electron chi connectivity index (χ3n) is 3.35. The van der Waals surface area contributed by atoms with E-state index in [4.69, 9.17) is 5.73 Å². The average Bonchev–Trinajstić information content (AvgIpc) is 3.02. The third kappa shape index (κ3) is 4.97. The highest BCUT2D eigenvalue weighted by atomic mass is 35.5. The molecular weight excluding hydrogens is 345 g/mol. The second kappa shape index (κ2) is 8.16. The van der Waals surface area contributed by atoms with E-state index in [1.165, 1.54) is 6.20 Å². The zero-order chi connectivity index (χ0) is 17.0. The fourth-order valence-electron chi connectivity index (χ4n) is 1.86. The molecular formula is C15H18ClF3N4O. The zero-order valence-electron chi connectivity index (χ0n) is 12.9. The third-order valence-corrected chi connectivity index (χ3v) is 3.35. The highest BCUT2D eigenvalue weighted by Gasteiger charge is 2.33. The lowest BCUT2D eigenvalue weighted by Gasteiger charge is -2.10. The molecule has 1 amide bonds. The van der Waals surface area contributed by atoms with Crippen molar-refractivity contribution in [2.75, 3.05) is 6.54 Å². The number of nitrogens with two attached hydrogens (primary N) is 1. The SMILES string of the molecule is CC(CN)C(=O)NCc1ccc(-n2ccc(C(F)(F)F)n2)cc1.Cl. The van der Waals surface area contributed by atoms with Crippen molar-refractivity contribution in [3.63, 3.8) is 0 Å². The van der Waals surface area contributed by atoms with Gasteiger partial charge in [-0.1, -0.05) is 19.1 Å². The summed E-state index contributed by atoms with van der Waals surface area (Å²) in [5.74, 6) is -0.405. The van der Waals surface area contributed by atoms with E-state index in [2.05, 4.69) is 10.4 Å². The molecule has 0 aliphatic rings. The van der Waals surface area contributed by atoms with Crippen LogP contribution in [0.4, 0.5) is 13.2 Å². The number of benzene rings is 1. The number of carbonyl (C=O) groups excluding carboxylic acids is 1. The molecule has 1 aromatic carbocycles. The summed E-state index contributed by atoms with van der Waals surface area (Å²) in [4.78, 5) is 11.6. The molecule has 2 aromatic rings. The monoisotopic (exact) mass is 362 g/mol. The van der Waals surface area contributed by atoms with Gasteiger partial charge in [0, 0.05) is 25.2 Å². The summed E-state index contributed by atoms with van der Waals surface area (Å²) in [5.41, 5.74) is 5.80. The lowest BCUT2D eigenvalue weighted by atomic mass is 10.1. The minimum absolute atomic E-state index is 0. The molecule has 1 heterocycles. The summed E-state index contributed by atoms with van der Waals surface area (Å²) in [5, 5.41) is 6.24. The van der Waals surface area contributed by atoms with Gasteiger partial charge in [-0.05, 0) is 23.8 Å². The summed E-state index contributed by atoms with van der Waals surface area (Å²) < 4.78 is 38.7. The van der Waals surface area contributed by atoms with Gasteiger partial charge in [-0.15, -0.1) is 12.4 Å². The molecule has 24 heavy (non-hydrogen) atoms. The van der Waals surface area contributed by atoms with E-state index in [9.17, 15) is 18.0 Å². The minimum Gasteiger partial charge on any atom is -0.352 e. The van der Waals surface area contributed by atoms with Gasteiger partial charge < -0.3 is 11.1 Å². The van der Waals surface area contributed by atoms with Crippen molar-refractivity contribution in [3.05, 3.63) is 47.8 Å². The van der Waals surface area contributed by atoms with Crippen molar-refractivity contribution in [2.45, 2.75) is 19.6 Å². The van der Waals surface area contributed by atoms with Crippen molar-refractivity contribution in [2.24, 2.45) is 11.7 Å². The Hall–Kier alpha value is -2.06. The van der Waals surface area contributed by atoms with E-state index in [-0.39, 0.29) is 30.8 Å². The molecule has 0 spiro atoms. The number of hydrogen-bond acceptors (Lipinski definition) is 3. The number of carbonyl (C=O) groups is 1. The summed E-state index contributed by atoms with van der Waals surface area (Å²) in [6, 6.07) is 7.64. The molecule has 1 aromatic heterocycles. The average molecular weight is 363 g/mol. The van der Waals surface area contributed by atoms with Crippen LogP contribution in [-0.2, 0) is 17.5 Å². The van der Waals surface area contributed by atoms with E-state index < -0.39 is 11.9 Å². The topological polar surface area (TPSA) is 72.9 Å². The number of amides is 1. The molecule has 0 fully saturated rings. The van der Waals surface area contributed by atoms with Gasteiger partial charge in [-0.3, -0.25) is 4.79 Å². The number of halogens is 4. The molecule has 0 aliphatic carbocycles. The quantitative estimate of drug-likeness (QED) is 0.858. The van der Waals surface area contributed by atoms with Crippen LogP contribution in [0.5, 0.6) is 0 Å². The molecule has 0 saturated carbocycles. The number of aromatic nitrogens is 2. The highest BCUT2D eigenvalue weighted by Crippen LogP contribution is 2.27. The lowest BCUT2D eigenvalue weighted by Crippen LogP contribution is -2.32. The lowest BCUT2D eigenvalue weighted by molar-refractivity contribution is -0.141. The van der Waals surface area contributed by atoms with Crippen molar-refractivity contribution in [1.29, 1.82) is 0 Å². The van der Waals surface area contributed by atoms with Gasteiger partial charge in [0.2, 0.25) is 5.91 Å². The number of nitrogens with zero attached hydrogens (tertiary/aromatic N) is 2. The first-order valence-corrected chi connectivity index (χ1v) is 7.01. The van der Waals surface area contributed by atoms with Gasteiger partial charge in [0.15, 0.2) is 5.69 Å². The van der Waals surface area contributed by atoms with E-state index in [0.717, 1.165) is 16.3 Å². The van der Waals surface area contributed by atoms with Crippen LogP contribution in [0.1, 0.15) is 18.2 Å². The molecule has 9 heteroatoms. The van der Waals surface area contributed by atoms with Gasteiger partial charge >= 0.3 is 6.18 Å². The zero-order valence-corrected chi connectivity index (χ0v) is 13.7.